The molecule has 0 aromatic rings. The standard InChI is InChI=1S/C12H24N2O4/c15-7-12(8-16,9-17)14-11(18)5-4-10-3-1-2-6-13-10/h10,13,15-17H,1-9H2,(H,14,18). The van der Waals surface area contributed by atoms with Gasteiger partial charge in [0.1, 0.15) is 5.54 Å². The van der Waals surface area contributed by atoms with E-state index in [0.717, 1.165) is 19.4 Å². The van der Waals surface area contributed by atoms with Crippen LogP contribution >= 0.6 is 0 Å². The molecule has 6 nitrogen and oxygen atoms in total. The Morgan fingerprint density at radius 1 is 1.22 bits per heavy atom. The molecule has 18 heavy (non-hydrogen) atoms. The zero-order valence-electron chi connectivity index (χ0n) is 10.7. The lowest BCUT2D eigenvalue weighted by Gasteiger charge is -2.29. The van der Waals surface area contributed by atoms with E-state index < -0.39 is 25.4 Å². The van der Waals surface area contributed by atoms with Crippen molar-refractivity contribution in [2.24, 2.45) is 0 Å². The van der Waals surface area contributed by atoms with Gasteiger partial charge in [-0.3, -0.25) is 4.79 Å². The van der Waals surface area contributed by atoms with E-state index in [9.17, 15) is 4.79 Å². The van der Waals surface area contributed by atoms with Gasteiger partial charge in [0.05, 0.1) is 19.8 Å². The van der Waals surface area contributed by atoms with Crippen molar-refractivity contribution in [2.45, 2.75) is 43.7 Å². The van der Waals surface area contributed by atoms with Crippen LogP contribution in [0.1, 0.15) is 32.1 Å². The molecule has 1 aliphatic heterocycles. The fraction of sp³-hybridized carbons (Fsp3) is 0.917. The van der Waals surface area contributed by atoms with Gasteiger partial charge in [0, 0.05) is 12.5 Å². The monoisotopic (exact) mass is 260 g/mol. The fourth-order valence-electron chi connectivity index (χ4n) is 2.10. The molecule has 0 bridgehead atoms. The minimum absolute atomic E-state index is 0.250. The zero-order chi connectivity index (χ0) is 13.4. The summed E-state index contributed by atoms with van der Waals surface area (Å²) in [6.45, 7) is -0.436. The molecule has 6 heteroatoms. The van der Waals surface area contributed by atoms with Crippen molar-refractivity contribution in [3.63, 3.8) is 0 Å². The number of nitrogens with one attached hydrogen (secondary N) is 2. The number of amides is 1. The van der Waals surface area contributed by atoms with Crippen LogP contribution in [-0.4, -0.2) is 59.2 Å². The van der Waals surface area contributed by atoms with Gasteiger partial charge in [0.25, 0.3) is 0 Å². The highest BCUT2D eigenvalue weighted by atomic mass is 16.3. The smallest absolute Gasteiger partial charge is 0.220 e. The molecule has 1 amide bonds. The third-order valence-corrected chi connectivity index (χ3v) is 3.44. The highest BCUT2D eigenvalue weighted by molar-refractivity contribution is 5.76. The topological polar surface area (TPSA) is 102 Å². The number of rotatable bonds is 7. The van der Waals surface area contributed by atoms with Crippen molar-refractivity contribution < 1.29 is 20.1 Å². The number of piperidine rings is 1. The summed E-state index contributed by atoms with van der Waals surface area (Å²) in [5.74, 6) is -0.250. The van der Waals surface area contributed by atoms with Crippen LogP contribution in [0.5, 0.6) is 0 Å². The van der Waals surface area contributed by atoms with Gasteiger partial charge in [0.15, 0.2) is 0 Å². The van der Waals surface area contributed by atoms with Crippen LogP contribution in [-0.2, 0) is 4.79 Å². The molecular formula is C12H24N2O4. The third kappa shape index (κ3) is 4.53. The van der Waals surface area contributed by atoms with Gasteiger partial charge in [-0.05, 0) is 25.8 Å². The average Bonchev–Trinajstić information content (AvgIpc) is 2.44. The Morgan fingerprint density at radius 2 is 1.89 bits per heavy atom. The van der Waals surface area contributed by atoms with Crippen molar-refractivity contribution in [3.8, 4) is 0 Å². The summed E-state index contributed by atoms with van der Waals surface area (Å²) in [7, 11) is 0. The molecule has 0 aromatic carbocycles. The number of carbonyl (C=O) groups excluding carboxylic acids is 1. The summed E-state index contributed by atoms with van der Waals surface area (Å²) in [5.41, 5.74) is -1.31. The van der Waals surface area contributed by atoms with Crippen LogP contribution in [0.25, 0.3) is 0 Å². The molecular weight excluding hydrogens is 236 g/mol. The predicted octanol–water partition coefficient (Wildman–Crippen LogP) is -1.26. The lowest BCUT2D eigenvalue weighted by Crippen LogP contribution is -2.57. The Kier molecular flexibility index (Phi) is 6.56. The quantitative estimate of drug-likeness (QED) is 0.393. The minimum atomic E-state index is -1.31. The maximum atomic E-state index is 11.7. The Hall–Kier alpha value is -0.690. The van der Waals surface area contributed by atoms with Gasteiger partial charge in [-0.25, -0.2) is 0 Å². The normalized spacial score (nSPS) is 20.7. The number of carbonyl (C=O) groups is 1. The molecule has 1 fully saturated rings. The highest BCUT2D eigenvalue weighted by Crippen LogP contribution is 2.12. The first-order valence-electron chi connectivity index (χ1n) is 6.53. The lowest BCUT2D eigenvalue weighted by atomic mass is 9.99. The summed E-state index contributed by atoms with van der Waals surface area (Å²) in [6.07, 6.45) is 4.53. The van der Waals surface area contributed by atoms with Crippen LogP contribution in [0.15, 0.2) is 0 Å². The molecule has 1 heterocycles. The fourth-order valence-corrected chi connectivity index (χ4v) is 2.10. The van der Waals surface area contributed by atoms with Gasteiger partial charge in [-0.1, -0.05) is 6.42 Å². The molecule has 106 valence electrons. The van der Waals surface area contributed by atoms with Crippen molar-refractivity contribution in [3.05, 3.63) is 0 Å². The third-order valence-electron chi connectivity index (χ3n) is 3.44. The second kappa shape index (κ2) is 7.68. The maximum Gasteiger partial charge on any atom is 0.220 e. The largest absolute Gasteiger partial charge is 0.394 e. The zero-order valence-corrected chi connectivity index (χ0v) is 10.7. The SMILES string of the molecule is O=C(CCC1CCCCN1)NC(CO)(CO)CO. The van der Waals surface area contributed by atoms with E-state index in [4.69, 9.17) is 15.3 Å². The molecule has 1 unspecified atom stereocenters. The predicted molar refractivity (Wildman–Crippen MR) is 67.0 cm³/mol. The summed E-state index contributed by atoms with van der Waals surface area (Å²) >= 11 is 0. The van der Waals surface area contributed by atoms with Gasteiger partial charge in [-0.15, -0.1) is 0 Å². The van der Waals surface area contributed by atoms with E-state index in [-0.39, 0.29) is 5.91 Å². The van der Waals surface area contributed by atoms with Gasteiger partial charge in [-0.2, -0.15) is 0 Å². The second-order valence-electron chi connectivity index (χ2n) is 4.99. The molecule has 0 saturated carbocycles. The van der Waals surface area contributed by atoms with Crippen LogP contribution in [0.4, 0.5) is 0 Å². The lowest BCUT2D eigenvalue weighted by molar-refractivity contribution is -0.125. The van der Waals surface area contributed by atoms with Crippen LogP contribution < -0.4 is 10.6 Å². The highest BCUT2D eigenvalue weighted by Gasteiger charge is 2.29. The Labute approximate surface area is 107 Å². The molecule has 1 atom stereocenters. The van der Waals surface area contributed by atoms with E-state index in [1.165, 1.54) is 12.8 Å². The first-order valence-corrected chi connectivity index (χ1v) is 6.53. The summed E-state index contributed by atoms with van der Waals surface area (Å²) in [4.78, 5) is 11.7. The number of hydrogen-bond acceptors (Lipinski definition) is 5. The molecule has 0 spiro atoms. The number of aliphatic hydroxyl groups excluding tert-OH is 3. The summed E-state index contributed by atoms with van der Waals surface area (Å²) < 4.78 is 0. The molecule has 1 aliphatic rings. The van der Waals surface area contributed by atoms with E-state index in [2.05, 4.69) is 10.6 Å². The molecule has 0 aromatic heterocycles. The van der Waals surface area contributed by atoms with Crippen LogP contribution in [0.3, 0.4) is 0 Å². The summed E-state index contributed by atoms with van der Waals surface area (Å²) in [6, 6.07) is 0.372. The number of hydrogen-bond donors (Lipinski definition) is 5. The van der Waals surface area contributed by atoms with E-state index in [1.807, 2.05) is 0 Å². The first kappa shape index (κ1) is 15.4. The van der Waals surface area contributed by atoms with E-state index >= 15 is 0 Å². The number of aliphatic hydroxyl groups is 3. The van der Waals surface area contributed by atoms with Crippen molar-refractivity contribution in [1.82, 2.24) is 10.6 Å². The second-order valence-corrected chi connectivity index (χ2v) is 4.99. The minimum Gasteiger partial charge on any atom is -0.394 e. The molecule has 0 radical (unpaired) electrons. The molecule has 0 aliphatic carbocycles. The van der Waals surface area contributed by atoms with Crippen molar-refractivity contribution >= 4 is 5.91 Å². The molecule has 1 rings (SSSR count). The van der Waals surface area contributed by atoms with Gasteiger partial charge < -0.3 is 26.0 Å². The van der Waals surface area contributed by atoms with Crippen molar-refractivity contribution in [1.29, 1.82) is 0 Å². The maximum absolute atomic E-state index is 11.7. The molecule has 1 saturated heterocycles. The van der Waals surface area contributed by atoms with Crippen LogP contribution in [0.2, 0.25) is 0 Å². The first-order chi connectivity index (χ1) is 8.65. The van der Waals surface area contributed by atoms with Crippen molar-refractivity contribution in [2.75, 3.05) is 26.4 Å². The molecule has 5 N–H and O–H groups in total. The Bertz CT molecular complexity index is 242. The Morgan fingerprint density at radius 3 is 2.39 bits per heavy atom. The van der Waals surface area contributed by atoms with Crippen LogP contribution in [0, 0.1) is 0 Å². The summed E-state index contributed by atoms with van der Waals surface area (Å²) in [5, 5.41) is 33.1. The Balaban J connectivity index is 2.31. The van der Waals surface area contributed by atoms with Gasteiger partial charge in [0.2, 0.25) is 5.91 Å². The van der Waals surface area contributed by atoms with Gasteiger partial charge >= 0.3 is 0 Å². The average molecular weight is 260 g/mol. The van der Waals surface area contributed by atoms with E-state index in [1.54, 1.807) is 0 Å². The van der Waals surface area contributed by atoms with E-state index in [0.29, 0.717) is 12.5 Å².